The monoisotopic (exact) mass is 394 g/mol. The molecule has 0 aliphatic carbocycles. The van der Waals surface area contributed by atoms with Gasteiger partial charge < -0.3 is 33.2 Å². The van der Waals surface area contributed by atoms with Crippen molar-refractivity contribution in [2.45, 2.75) is 19.4 Å². The van der Waals surface area contributed by atoms with Gasteiger partial charge >= 0.3 is 0 Å². The number of ether oxygens (including phenoxy) is 7. The van der Waals surface area contributed by atoms with Gasteiger partial charge in [0, 0.05) is 32.3 Å². The Morgan fingerprint density at radius 2 is 1.68 bits per heavy atom. The van der Waals surface area contributed by atoms with Crippen molar-refractivity contribution >= 4 is 0 Å². The van der Waals surface area contributed by atoms with E-state index in [9.17, 15) is 0 Å². The molecular weight excluding hydrogens is 364 g/mol. The van der Waals surface area contributed by atoms with Crippen LogP contribution in [0.15, 0.2) is 36.4 Å². The molecule has 7 nitrogen and oxygen atoms in total. The zero-order valence-electron chi connectivity index (χ0n) is 16.8. The molecule has 0 saturated heterocycles. The van der Waals surface area contributed by atoms with E-state index in [0.29, 0.717) is 37.9 Å². The van der Waals surface area contributed by atoms with Crippen LogP contribution in [-0.2, 0) is 25.4 Å². The predicted molar refractivity (Wildman–Crippen MR) is 105 cm³/mol. The Morgan fingerprint density at radius 1 is 0.964 bits per heavy atom. The van der Waals surface area contributed by atoms with Crippen molar-refractivity contribution < 1.29 is 33.2 Å². The quantitative estimate of drug-likeness (QED) is 0.273. The van der Waals surface area contributed by atoms with Crippen molar-refractivity contribution in [3.05, 3.63) is 42.0 Å². The first kappa shape index (κ1) is 22.2. The molecule has 7 heteroatoms. The second-order valence-corrected chi connectivity index (χ2v) is 6.01. The Labute approximate surface area is 166 Å². The molecule has 1 aliphatic rings. The van der Waals surface area contributed by atoms with Gasteiger partial charge in [-0.15, -0.1) is 0 Å². The van der Waals surface area contributed by atoms with Crippen molar-refractivity contribution in [3.63, 3.8) is 0 Å². The first-order valence-corrected chi connectivity index (χ1v) is 9.30. The minimum Gasteiger partial charge on any atom is -0.482 e. The Bertz CT molecular complexity index is 627. The van der Waals surface area contributed by atoms with E-state index in [1.807, 2.05) is 37.3 Å². The van der Waals surface area contributed by atoms with E-state index in [1.165, 1.54) is 0 Å². The van der Waals surface area contributed by atoms with Gasteiger partial charge in [-0.05, 0) is 19.1 Å². The number of rotatable bonds is 14. The van der Waals surface area contributed by atoms with E-state index in [4.69, 9.17) is 33.2 Å². The average Bonchev–Trinajstić information content (AvgIpc) is 3.11. The van der Waals surface area contributed by atoms with Gasteiger partial charge in [-0.3, -0.25) is 0 Å². The maximum atomic E-state index is 6.05. The van der Waals surface area contributed by atoms with Crippen molar-refractivity contribution in [2.24, 2.45) is 0 Å². The highest BCUT2D eigenvalue weighted by Gasteiger charge is 2.26. The van der Waals surface area contributed by atoms with Crippen LogP contribution >= 0.6 is 0 Å². The van der Waals surface area contributed by atoms with Crippen LogP contribution in [0.5, 0.6) is 17.2 Å². The Kier molecular flexibility index (Phi) is 10.5. The second-order valence-electron chi connectivity index (χ2n) is 6.01. The van der Waals surface area contributed by atoms with Gasteiger partial charge in [0.2, 0.25) is 0 Å². The summed E-state index contributed by atoms with van der Waals surface area (Å²) in [5, 5.41) is 0. The van der Waals surface area contributed by atoms with Crippen LogP contribution in [0.2, 0.25) is 0 Å². The number of hydrogen-bond donors (Lipinski definition) is 0. The molecule has 0 saturated carbocycles. The van der Waals surface area contributed by atoms with Crippen LogP contribution in [0.1, 0.15) is 12.5 Å². The highest BCUT2D eigenvalue weighted by Crippen LogP contribution is 2.41. The summed E-state index contributed by atoms with van der Waals surface area (Å²) in [7, 11) is 3.26. The molecule has 0 fully saturated rings. The SMILES string of the molecule is C/C=C/C=C/[C@H]1Cc2cc(OCOCCOC)cc(OCOCCOC)c2O1. The fourth-order valence-electron chi connectivity index (χ4n) is 2.54. The van der Waals surface area contributed by atoms with Crippen molar-refractivity contribution in [2.75, 3.05) is 54.2 Å². The summed E-state index contributed by atoms with van der Waals surface area (Å²) in [4.78, 5) is 0. The number of benzene rings is 1. The molecular formula is C21H30O7. The van der Waals surface area contributed by atoms with Gasteiger partial charge in [0.25, 0.3) is 0 Å². The molecule has 1 atom stereocenters. The lowest BCUT2D eigenvalue weighted by Gasteiger charge is -2.14. The normalized spacial score (nSPS) is 15.9. The molecule has 1 aromatic carbocycles. The zero-order chi connectivity index (χ0) is 20.0. The van der Waals surface area contributed by atoms with E-state index in [0.717, 1.165) is 17.7 Å². The van der Waals surface area contributed by atoms with Crippen molar-refractivity contribution in [3.8, 4) is 17.2 Å². The molecule has 0 bridgehead atoms. The second kappa shape index (κ2) is 13.2. The molecule has 0 N–H and O–H groups in total. The molecule has 156 valence electrons. The predicted octanol–water partition coefficient (Wildman–Crippen LogP) is 3.12. The number of fused-ring (bicyclic) bond motifs is 1. The third kappa shape index (κ3) is 7.52. The number of allylic oxidation sites excluding steroid dienone is 3. The standard InChI is InChI=1S/C21H30O7/c1-4-5-6-7-18-12-17-13-19(26-15-24-10-8-22-2)14-20(21(17)28-18)27-16-25-11-9-23-3/h4-7,13-14,18H,8-12,15-16H2,1-3H3/b5-4+,7-6+/t18-/m0/s1. The van der Waals surface area contributed by atoms with Gasteiger partial charge in [0.05, 0.1) is 26.4 Å². The lowest BCUT2D eigenvalue weighted by Crippen LogP contribution is -2.10. The molecule has 1 heterocycles. The maximum Gasteiger partial charge on any atom is 0.189 e. The topological polar surface area (TPSA) is 64.6 Å². The lowest BCUT2D eigenvalue weighted by molar-refractivity contribution is -0.0124. The Hall–Kier alpha value is -2.06. The van der Waals surface area contributed by atoms with Gasteiger partial charge in [-0.25, -0.2) is 0 Å². The maximum absolute atomic E-state index is 6.05. The third-order valence-electron chi connectivity index (χ3n) is 3.90. The Morgan fingerprint density at radius 3 is 2.36 bits per heavy atom. The molecule has 2 rings (SSSR count). The lowest BCUT2D eigenvalue weighted by atomic mass is 10.1. The van der Waals surface area contributed by atoms with Crippen molar-refractivity contribution in [1.82, 2.24) is 0 Å². The van der Waals surface area contributed by atoms with Crippen LogP contribution in [0.3, 0.4) is 0 Å². The summed E-state index contributed by atoms with van der Waals surface area (Å²) in [5.41, 5.74) is 1.02. The Balaban J connectivity index is 2.01. The minimum absolute atomic E-state index is 0.0452. The van der Waals surface area contributed by atoms with E-state index >= 15 is 0 Å². The van der Waals surface area contributed by atoms with Crippen LogP contribution in [0, 0.1) is 0 Å². The first-order chi connectivity index (χ1) is 13.8. The summed E-state index contributed by atoms with van der Waals surface area (Å²) < 4.78 is 38.2. The highest BCUT2D eigenvalue weighted by molar-refractivity contribution is 5.54. The highest BCUT2D eigenvalue weighted by atomic mass is 16.7. The van der Waals surface area contributed by atoms with Crippen molar-refractivity contribution in [1.29, 1.82) is 0 Å². The third-order valence-corrected chi connectivity index (χ3v) is 3.90. The summed E-state index contributed by atoms with van der Waals surface area (Å²) in [5.74, 6) is 1.96. The largest absolute Gasteiger partial charge is 0.482 e. The molecule has 0 amide bonds. The first-order valence-electron chi connectivity index (χ1n) is 9.30. The fourth-order valence-corrected chi connectivity index (χ4v) is 2.54. The van der Waals surface area contributed by atoms with Gasteiger partial charge in [-0.1, -0.05) is 18.2 Å². The van der Waals surface area contributed by atoms with E-state index in [2.05, 4.69) is 0 Å². The van der Waals surface area contributed by atoms with Gasteiger partial charge in [-0.2, -0.15) is 0 Å². The fraction of sp³-hybridized carbons (Fsp3) is 0.524. The summed E-state index contributed by atoms with van der Waals surface area (Å²) in [6.07, 6.45) is 8.64. The minimum atomic E-state index is -0.0452. The van der Waals surface area contributed by atoms with E-state index < -0.39 is 0 Å². The summed E-state index contributed by atoms with van der Waals surface area (Å²) in [6, 6.07) is 3.74. The van der Waals surface area contributed by atoms with Gasteiger partial charge in [0.15, 0.2) is 25.1 Å². The summed E-state index contributed by atoms with van der Waals surface area (Å²) >= 11 is 0. The van der Waals surface area contributed by atoms with Gasteiger partial charge in [0.1, 0.15) is 11.9 Å². The molecule has 1 aliphatic heterocycles. The molecule has 1 aromatic rings. The smallest absolute Gasteiger partial charge is 0.189 e. The number of hydrogen-bond acceptors (Lipinski definition) is 7. The molecule has 0 unspecified atom stereocenters. The molecule has 0 radical (unpaired) electrons. The summed E-state index contributed by atoms with van der Waals surface area (Å²) in [6.45, 7) is 4.18. The van der Waals surface area contributed by atoms with Crippen LogP contribution in [0.25, 0.3) is 0 Å². The molecule has 0 aromatic heterocycles. The number of methoxy groups -OCH3 is 2. The van der Waals surface area contributed by atoms with E-state index in [-0.39, 0.29) is 19.7 Å². The van der Waals surface area contributed by atoms with Crippen LogP contribution in [0.4, 0.5) is 0 Å². The van der Waals surface area contributed by atoms with Crippen LogP contribution < -0.4 is 14.2 Å². The van der Waals surface area contributed by atoms with E-state index in [1.54, 1.807) is 20.3 Å². The molecule has 28 heavy (non-hydrogen) atoms. The average molecular weight is 394 g/mol. The zero-order valence-corrected chi connectivity index (χ0v) is 16.8. The molecule has 0 spiro atoms. The van der Waals surface area contributed by atoms with Crippen LogP contribution in [-0.4, -0.2) is 60.3 Å².